The van der Waals surface area contributed by atoms with Crippen LogP contribution in [0.1, 0.15) is 23.0 Å². The maximum absolute atomic E-state index is 12.9. The van der Waals surface area contributed by atoms with Crippen LogP contribution >= 0.6 is 55.1 Å². The van der Waals surface area contributed by atoms with Gasteiger partial charge in [0.2, 0.25) is 0 Å². The zero-order valence-electron chi connectivity index (χ0n) is 11.6. The first-order valence-corrected chi connectivity index (χ1v) is 9.39. The Bertz CT molecular complexity index is 571. The highest BCUT2D eigenvalue weighted by Gasteiger charge is 2.28. The molecule has 0 aliphatic rings. The third kappa shape index (κ3) is 4.35. The number of carbonyl (C=O) groups is 1. The summed E-state index contributed by atoms with van der Waals surface area (Å²) in [6.07, 6.45) is 0. The lowest BCUT2D eigenvalue weighted by Gasteiger charge is -2.20. The van der Waals surface area contributed by atoms with Crippen LogP contribution in [0.2, 0.25) is 0 Å². The SMILES string of the molecule is O=C(C(CCl)c1ccc(Br)cc1)C(CCl)c1ccc(Br)cc1. The van der Waals surface area contributed by atoms with Gasteiger partial charge in [-0.3, -0.25) is 4.79 Å². The van der Waals surface area contributed by atoms with Gasteiger partial charge in [-0.05, 0) is 35.4 Å². The molecule has 0 saturated heterocycles. The molecule has 0 aliphatic carbocycles. The molecule has 0 heterocycles. The molecular weight excluding hydrogens is 451 g/mol. The summed E-state index contributed by atoms with van der Waals surface area (Å²) in [6, 6.07) is 15.3. The minimum atomic E-state index is -0.359. The molecule has 0 spiro atoms. The molecule has 1 nitrogen and oxygen atoms in total. The van der Waals surface area contributed by atoms with Crippen molar-refractivity contribution in [1.29, 1.82) is 0 Å². The molecule has 2 atom stereocenters. The molecule has 0 amide bonds. The Hall–Kier alpha value is -0.350. The van der Waals surface area contributed by atoms with E-state index < -0.39 is 0 Å². The zero-order chi connectivity index (χ0) is 16.1. The van der Waals surface area contributed by atoms with E-state index in [-0.39, 0.29) is 29.4 Å². The first-order valence-electron chi connectivity index (χ1n) is 6.73. The fourth-order valence-electron chi connectivity index (χ4n) is 2.29. The summed E-state index contributed by atoms with van der Waals surface area (Å²) in [5.41, 5.74) is 1.82. The molecule has 0 aromatic heterocycles. The molecule has 0 fully saturated rings. The lowest BCUT2D eigenvalue weighted by Crippen LogP contribution is -2.23. The van der Waals surface area contributed by atoms with Gasteiger partial charge in [-0.15, -0.1) is 23.2 Å². The van der Waals surface area contributed by atoms with Crippen LogP contribution in [0, 0.1) is 0 Å². The summed E-state index contributed by atoms with van der Waals surface area (Å²) >= 11 is 18.9. The predicted octanol–water partition coefficient (Wildman–Crippen LogP) is 6.13. The normalized spacial score (nSPS) is 13.6. The average Bonchev–Trinajstić information content (AvgIpc) is 2.52. The van der Waals surface area contributed by atoms with Crippen molar-refractivity contribution in [1.82, 2.24) is 0 Å². The highest BCUT2D eigenvalue weighted by Crippen LogP contribution is 2.30. The summed E-state index contributed by atoms with van der Waals surface area (Å²) in [4.78, 5) is 12.9. The Morgan fingerprint density at radius 3 is 1.36 bits per heavy atom. The highest BCUT2D eigenvalue weighted by atomic mass is 79.9. The Balaban J connectivity index is 2.29. The molecular formula is C17H14Br2Cl2O. The van der Waals surface area contributed by atoms with Crippen molar-refractivity contribution in [3.63, 3.8) is 0 Å². The predicted molar refractivity (Wildman–Crippen MR) is 100 cm³/mol. The minimum absolute atomic E-state index is 0.0506. The fraction of sp³-hybridized carbons (Fsp3) is 0.235. The summed E-state index contributed by atoms with van der Waals surface area (Å²) in [5.74, 6) is -0.187. The lowest BCUT2D eigenvalue weighted by molar-refractivity contribution is -0.121. The summed E-state index contributed by atoms with van der Waals surface area (Å²) in [6.45, 7) is 0. The Kier molecular flexibility index (Phi) is 6.94. The number of benzene rings is 2. The van der Waals surface area contributed by atoms with Crippen molar-refractivity contribution in [2.45, 2.75) is 11.8 Å². The van der Waals surface area contributed by atoms with Gasteiger partial charge in [-0.2, -0.15) is 0 Å². The van der Waals surface area contributed by atoms with E-state index in [1.165, 1.54) is 0 Å². The molecule has 2 unspecified atom stereocenters. The number of carbonyl (C=O) groups excluding carboxylic acids is 1. The third-order valence-electron chi connectivity index (χ3n) is 3.54. The fourth-order valence-corrected chi connectivity index (χ4v) is 3.48. The number of rotatable bonds is 6. The van der Waals surface area contributed by atoms with E-state index in [4.69, 9.17) is 23.2 Å². The maximum atomic E-state index is 12.9. The van der Waals surface area contributed by atoms with Crippen molar-refractivity contribution in [2.75, 3.05) is 11.8 Å². The van der Waals surface area contributed by atoms with E-state index in [0.29, 0.717) is 0 Å². The monoisotopic (exact) mass is 462 g/mol. The van der Waals surface area contributed by atoms with E-state index >= 15 is 0 Å². The van der Waals surface area contributed by atoms with Crippen LogP contribution in [0.5, 0.6) is 0 Å². The summed E-state index contributed by atoms with van der Waals surface area (Å²) < 4.78 is 1.94. The zero-order valence-corrected chi connectivity index (χ0v) is 16.3. The van der Waals surface area contributed by atoms with E-state index in [2.05, 4.69) is 31.9 Å². The first-order chi connectivity index (χ1) is 10.6. The molecule has 0 aliphatic heterocycles. The van der Waals surface area contributed by atoms with Gasteiger partial charge in [0, 0.05) is 20.7 Å². The highest BCUT2D eigenvalue weighted by molar-refractivity contribution is 9.10. The Morgan fingerprint density at radius 2 is 1.09 bits per heavy atom. The van der Waals surface area contributed by atoms with E-state index in [0.717, 1.165) is 20.1 Å². The largest absolute Gasteiger partial charge is 0.298 e. The van der Waals surface area contributed by atoms with Crippen LogP contribution in [0.3, 0.4) is 0 Å². The van der Waals surface area contributed by atoms with Crippen LogP contribution < -0.4 is 0 Å². The number of Topliss-reactive ketones (excluding diaryl/α,β-unsaturated/α-hetero) is 1. The van der Waals surface area contributed by atoms with E-state index in [1.54, 1.807) is 0 Å². The molecule has 2 rings (SSSR count). The van der Waals surface area contributed by atoms with Gasteiger partial charge in [-0.25, -0.2) is 0 Å². The standard InChI is InChI=1S/C17H14Br2Cl2O/c18-13-5-1-11(2-6-13)15(9-20)17(22)16(10-21)12-3-7-14(19)8-4-12/h1-8,15-16H,9-10H2. The Morgan fingerprint density at radius 1 is 0.773 bits per heavy atom. The number of hydrogen-bond acceptors (Lipinski definition) is 1. The van der Waals surface area contributed by atoms with Crippen molar-refractivity contribution in [3.05, 3.63) is 68.6 Å². The molecule has 116 valence electrons. The third-order valence-corrected chi connectivity index (χ3v) is 5.21. The second-order valence-corrected chi connectivity index (χ2v) is 7.37. The topological polar surface area (TPSA) is 17.1 Å². The molecule has 0 saturated carbocycles. The molecule has 22 heavy (non-hydrogen) atoms. The van der Waals surface area contributed by atoms with Crippen molar-refractivity contribution < 1.29 is 4.79 Å². The Labute approximate surface area is 157 Å². The van der Waals surface area contributed by atoms with Crippen molar-refractivity contribution in [3.8, 4) is 0 Å². The molecule has 2 aromatic rings. The van der Waals surface area contributed by atoms with E-state index in [1.807, 2.05) is 48.5 Å². The molecule has 0 bridgehead atoms. The van der Waals surface area contributed by atoms with Crippen molar-refractivity contribution >= 4 is 60.8 Å². The summed E-state index contributed by atoms with van der Waals surface area (Å²) in [7, 11) is 0. The van der Waals surface area contributed by atoms with Gasteiger partial charge in [0.1, 0.15) is 5.78 Å². The van der Waals surface area contributed by atoms with Crippen LogP contribution in [-0.2, 0) is 4.79 Å². The van der Waals surface area contributed by atoms with Crippen LogP contribution in [0.25, 0.3) is 0 Å². The van der Waals surface area contributed by atoms with Gasteiger partial charge in [-0.1, -0.05) is 56.1 Å². The second kappa shape index (κ2) is 8.49. The van der Waals surface area contributed by atoms with Gasteiger partial charge in [0.15, 0.2) is 0 Å². The minimum Gasteiger partial charge on any atom is -0.298 e. The van der Waals surface area contributed by atoms with E-state index in [9.17, 15) is 4.79 Å². The molecule has 5 heteroatoms. The summed E-state index contributed by atoms with van der Waals surface area (Å²) in [5, 5.41) is 0. The number of halogens is 4. The van der Waals surface area contributed by atoms with Crippen molar-refractivity contribution in [2.24, 2.45) is 0 Å². The first kappa shape index (κ1) is 18.0. The molecule has 0 N–H and O–H groups in total. The second-order valence-electron chi connectivity index (χ2n) is 4.92. The molecule has 0 radical (unpaired) electrons. The van der Waals surface area contributed by atoms with Gasteiger partial charge in [0.25, 0.3) is 0 Å². The quantitative estimate of drug-likeness (QED) is 0.470. The van der Waals surface area contributed by atoms with Crippen LogP contribution in [0.4, 0.5) is 0 Å². The number of hydrogen-bond donors (Lipinski definition) is 0. The lowest BCUT2D eigenvalue weighted by atomic mass is 9.85. The molecule has 2 aromatic carbocycles. The van der Waals surface area contributed by atoms with Crippen LogP contribution in [0.15, 0.2) is 57.5 Å². The maximum Gasteiger partial charge on any atom is 0.150 e. The average molecular weight is 465 g/mol. The van der Waals surface area contributed by atoms with Crippen LogP contribution in [-0.4, -0.2) is 17.5 Å². The van der Waals surface area contributed by atoms with Gasteiger partial charge >= 0.3 is 0 Å². The number of ketones is 1. The van der Waals surface area contributed by atoms with Gasteiger partial charge in [0.05, 0.1) is 11.8 Å². The van der Waals surface area contributed by atoms with Gasteiger partial charge < -0.3 is 0 Å². The smallest absolute Gasteiger partial charge is 0.150 e. The number of alkyl halides is 2.